The summed E-state index contributed by atoms with van der Waals surface area (Å²) >= 11 is 0. The van der Waals surface area contributed by atoms with Crippen LogP contribution in [0.15, 0.2) is 0 Å². The van der Waals surface area contributed by atoms with Crippen molar-refractivity contribution in [2.75, 3.05) is 6.54 Å². The first-order chi connectivity index (χ1) is 8.51. The maximum absolute atomic E-state index is 3.76. The topological polar surface area (TPSA) is 12.0 Å². The number of nitrogens with one attached hydrogen (secondary N) is 1. The summed E-state index contributed by atoms with van der Waals surface area (Å²) in [4.78, 5) is 0. The molecule has 0 aliphatic heterocycles. The average molecular weight is 253 g/mol. The van der Waals surface area contributed by atoms with E-state index in [1.807, 2.05) is 0 Å². The molecule has 2 unspecified atom stereocenters. The van der Waals surface area contributed by atoms with Crippen LogP contribution in [0.5, 0.6) is 0 Å². The zero-order valence-electron chi connectivity index (χ0n) is 13.4. The fourth-order valence-corrected chi connectivity index (χ4v) is 2.78. The van der Waals surface area contributed by atoms with Crippen molar-refractivity contribution in [3.8, 4) is 0 Å². The van der Waals surface area contributed by atoms with Gasteiger partial charge in [-0.2, -0.15) is 0 Å². The molecule has 2 atom stereocenters. The fourth-order valence-electron chi connectivity index (χ4n) is 2.78. The molecule has 1 heteroatoms. The van der Waals surface area contributed by atoms with Gasteiger partial charge in [0, 0.05) is 12.6 Å². The molecule has 0 bridgehead atoms. The first-order valence-electron chi connectivity index (χ1n) is 8.25. The fraction of sp³-hybridized carbons (Fsp3) is 1.00. The molecule has 1 aliphatic carbocycles. The standard InChI is InChI=1S/C17H35N/c1-6-8-9-15(7-2)12-17(5,14(3)4)13-18-16-10-11-16/h14-16,18H,6-13H2,1-5H3. The molecule has 1 aliphatic rings. The number of hydrogen-bond acceptors (Lipinski definition) is 1. The molecule has 0 amide bonds. The summed E-state index contributed by atoms with van der Waals surface area (Å²) in [7, 11) is 0. The zero-order valence-corrected chi connectivity index (χ0v) is 13.4. The highest BCUT2D eigenvalue weighted by Crippen LogP contribution is 2.37. The van der Waals surface area contributed by atoms with Crippen LogP contribution in [0.25, 0.3) is 0 Å². The van der Waals surface area contributed by atoms with Crippen LogP contribution in [0.4, 0.5) is 0 Å². The Morgan fingerprint density at radius 1 is 1.22 bits per heavy atom. The van der Waals surface area contributed by atoms with Gasteiger partial charge in [-0.05, 0) is 36.5 Å². The van der Waals surface area contributed by atoms with E-state index < -0.39 is 0 Å². The molecule has 0 saturated heterocycles. The molecule has 0 aromatic heterocycles. The molecule has 1 saturated carbocycles. The molecule has 0 spiro atoms. The predicted molar refractivity (Wildman–Crippen MR) is 81.9 cm³/mol. The van der Waals surface area contributed by atoms with Gasteiger partial charge < -0.3 is 5.32 Å². The summed E-state index contributed by atoms with van der Waals surface area (Å²) in [5.74, 6) is 1.71. The van der Waals surface area contributed by atoms with Gasteiger partial charge in [-0.1, -0.05) is 60.3 Å². The molecule has 1 N–H and O–H groups in total. The van der Waals surface area contributed by atoms with Crippen molar-refractivity contribution in [3.05, 3.63) is 0 Å². The van der Waals surface area contributed by atoms with Crippen molar-refractivity contribution in [2.24, 2.45) is 17.3 Å². The minimum Gasteiger partial charge on any atom is -0.313 e. The lowest BCUT2D eigenvalue weighted by atomic mass is 9.71. The highest BCUT2D eigenvalue weighted by atomic mass is 15.0. The van der Waals surface area contributed by atoms with Gasteiger partial charge >= 0.3 is 0 Å². The Hall–Kier alpha value is -0.0400. The molecule has 1 nitrogen and oxygen atoms in total. The number of rotatable bonds is 10. The molecule has 0 aromatic rings. The van der Waals surface area contributed by atoms with Gasteiger partial charge in [0.15, 0.2) is 0 Å². The van der Waals surface area contributed by atoms with Crippen LogP contribution in [0.1, 0.15) is 79.6 Å². The summed E-state index contributed by atoms with van der Waals surface area (Å²) in [5, 5.41) is 3.76. The van der Waals surface area contributed by atoms with E-state index in [9.17, 15) is 0 Å². The normalized spacial score (nSPS) is 21.0. The van der Waals surface area contributed by atoms with E-state index >= 15 is 0 Å². The Bertz CT molecular complexity index is 220. The van der Waals surface area contributed by atoms with E-state index in [-0.39, 0.29) is 0 Å². The van der Waals surface area contributed by atoms with E-state index in [0.717, 1.165) is 17.9 Å². The highest BCUT2D eigenvalue weighted by Gasteiger charge is 2.32. The first kappa shape index (κ1) is 16.0. The second kappa shape index (κ2) is 7.53. The Labute approximate surface area is 115 Å². The Morgan fingerprint density at radius 3 is 2.33 bits per heavy atom. The Morgan fingerprint density at radius 2 is 1.89 bits per heavy atom. The molecule has 108 valence electrons. The van der Waals surface area contributed by atoms with Gasteiger partial charge in [-0.25, -0.2) is 0 Å². The van der Waals surface area contributed by atoms with Crippen LogP contribution in [-0.4, -0.2) is 12.6 Å². The zero-order chi connectivity index (χ0) is 13.6. The maximum atomic E-state index is 3.76. The van der Waals surface area contributed by atoms with Gasteiger partial charge in [0.1, 0.15) is 0 Å². The monoisotopic (exact) mass is 253 g/mol. The van der Waals surface area contributed by atoms with Crippen molar-refractivity contribution in [2.45, 2.75) is 85.6 Å². The van der Waals surface area contributed by atoms with Gasteiger partial charge in [-0.3, -0.25) is 0 Å². The molecule has 18 heavy (non-hydrogen) atoms. The first-order valence-corrected chi connectivity index (χ1v) is 8.25. The summed E-state index contributed by atoms with van der Waals surface area (Å²) in [6.45, 7) is 13.2. The Kier molecular flexibility index (Phi) is 6.70. The van der Waals surface area contributed by atoms with Crippen molar-refractivity contribution < 1.29 is 0 Å². The molecule has 0 aromatic carbocycles. The summed E-state index contributed by atoms with van der Waals surface area (Å²) in [5.41, 5.74) is 0.483. The van der Waals surface area contributed by atoms with Crippen molar-refractivity contribution >= 4 is 0 Å². The van der Waals surface area contributed by atoms with Crippen LogP contribution in [0.3, 0.4) is 0 Å². The Balaban J connectivity index is 2.46. The van der Waals surface area contributed by atoms with E-state index in [0.29, 0.717) is 5.41 Å². The quantitative estimate of drug-likeness (QED) is 0.577. The SMILES string of the molecule is CCCCC(CC)CC(C)(CNC1CC1)C(C)C. The summed E-state index contributed by atoms with van der Waals surface area (Å²) in [6, 6.07) is 0.846. The van der Waals surface area contributed by atoms with Gasteiger partial charge in [0.05, 0.1) is 0 Å². The van der Waals surface area contributed by atoms with Crippen LogP contribution in [0.2, 0.25) is 0 Å². The van der Waals surface area contributed by atoms with Crippen LogP contribution in [-0.2, 0) is 0 Å². The predicted octanol–water partition coefficient (Wildman–Crippen LogP) is 5.01. The van der Waals surface area contributed by atoms with E-state index in [4.69, 9.17) is 0 Å². The van der Waals surface area contributed by atoms with Crippen molar-refractivity contribution in [1.29, 1.82) is 0 Å². The highest BCUT2D eigenvalue weighted by molar-refractivity contribution is 4.88. The third kappa shape index (κ3) is 5.30. The second-order valence-corrected chi connectivity index (χ2v) is 7.08. The lowest BCUT2D eigenvalue weighted by Gasteiger charge is -2.37. The maximum Gasteiger partial charge on any atom is 0.00684 e. The van der Waals surface area contributed by atoms with Gasteiger partial charge in [-0.15, -0.1) is 0 Å². The van der Waals surface area contributed by atoms with E-state index in [1.165, 1.54) is 51.5 Å². The third-order valence-electron chi connectivity index (χ3n) is 5.06. The lowest BCUT2D eigenvalue weighted by Crippen LogP contribution is -2.38. The molecular formula is C17H35N. The smallest absolute Gasteiger partial charge is 0.00684 e. The minimum atomic E-state index is 0.483. The molecule has 1 rings (SSSR count). The van der Waals surface area contributed by atoms with Crippen molar-refractivity contribution in [3.63, 3.8) is 0 Å². The molecule has 1 fully saturated rings. The number of hydrogen-bond donors (Lipinski definition) is 1. The molecule has 0 heterocycles. The summed E-state index contributed by atoms with van der Waals surface area (Å²) in [6.07, 6.45) is 9.74. The average Bonchev–Trinajstić information content (AvgIpc) is 3.15. The third-order valence-corrected chi connectivity index (χ3v) is 5.06. The number of unbranched alkanes of at least 4 members (excludes halogenated alkanes) is 1. The largest absolute Gasteiger partial charge is 0.313 e. The summed E-state index contributed by atoms with van der Waals surface area (Å²) < 4.78 is 0. The molecule has 0 radical (unpaired) electrons. The van der Waals surface area contributed by atoms with Crippen molar-refractivity contribution in [1.82, 2.24) is 5.32 Å². The van der Waals surface area contributed by atoms with Crippen LogP contribution < -0.4 is 5.32 Å². The van der Waals surface area contributed by atoms with Gasteiger partial charge in [0.25, 0.3) is 0 Å². The molecular weight excluding hydrogens is 218 g/mol. The van der Waals surface area contributed by atoms with Crippen LogP contribution >= 0.6 is 0 Å². The van der Waals surface area contributed by atoms with E-state index in [1.54, 1.807) is 0 Å². The van der Waals surface area contributed by atoms with Crippen LogP contribution in [0, 0.1) is 17.3 Å². The lowest BCUT2D eigenvalue weighted by molar-refractivity contribution is 0.149. The minimum absolute atomic E-state index is 0.483. The van der Waals surface area contributed by atoms with Gasteiger partial charge in [0.2, 0.25) is 0 Å². The second-order valence-electron chi connectivity index (χ2n) is 7.08. The van der Waals surface area contributed by atoms with E-state index in [2.05, 4.69) is 39.9 Å².